The highest BCUT2D eigenvalue weighted by molar-refractivity contribution is 5.91. The van der Waals surface area contributed by atoms with E-state index in [1.54, 1.807) is 4.68 Å². The Morgan fingerprint density at radius 1 is 1.47 bits per heavy atom. The second-order valence-corrected chi connectivity index (χ2v) is 4.21. The molecular formula is C12H16N4O. The molecule has 2 aromatic rings. The highest BCUT2D eigenvalue weighted by atomic mass is 16.1. The van der Waals surface area contributed by atoms with Gasteiger partial charge in [0.15, 0.2) is 0 Å². The molecule has 0 saturated heterocycles. The van der Waals surface area contributed by atoms with Gasteiger partial charge in [-0.3, -0.25) is 9.48 Å². The van der Waals surface area contributed by atoms with Gasteiger partial charge in [-0.25, -0.2) is 0 Å². The van der Waals surface area contributed by atoms with E-state index in [4.69, 9.17) is 0 Å². The van der Waals surface area contributed by atoms with Gasteiger partial charge in [-0.05, 0) is 25.5 Å². The molecule has 90 valence electrons. The van der Waals surface area contributed by atoms with Gasteiger partial charge in [0.05, 0.1) is 12.1 Å². The Labute approximate surface area is 99.8 Å². The molecule has 0 atom stereocenters. The van der Waals surface area contributed by atoms with Crippen LogP contribution in [-0.4, -0.2) is 20.7 Å². The second-order valence-electron chi connectivity index (χ2n) is 4.21. The Kier molecular flexibility index (Phi) is 2.99. The Hall–Kier alpha value is -2.04. The third-order valence-electron chi connectivity index (χ3n) is 2.52. The lowest BCUT2D eigenvalue weighted by Gasteiger charge is -2.03. The Morgan fingerprint density at radius 2 is 2.24 bits per heavy atom. The summed E-state index contributed by atoms with van der Waals surface area (Å²) in [6.07, 6.45) is 2.22. The van der Waals surface area contributed by atoms with Gasteiger partial charge >= 0.3 is 0 Å². The first-order chi connectivity index (χ1) is 8.04. The summed E-state index contributed by atoms with van der Waals surface area (Å²) in [4.78, 5) is 14.8. The van der Waals surface area contributed by atoms with Crippen LogP contribution >= 0.6 is 0 Å². The molecule has 5 nitrogen and oxygen atoms in total. The maximum absolute atomic E-state index is 11.8. The monoisotopic (exact) mass is 232 g/mol. The van der Waals surface area contributed by atoms with Crippen LogP contribution in [0.3, 0.4) is 0 Å². The first-order valence-corrected chi connectivity index (χ1v) is 5.49. The summed E-state index contributed by atoms with van der Waals surface area (Å²) in [5.41, 5.74) is 2.93. The number of aryl methyl sites for hydroxylation is 3. The minimum atomic E-state index is -0.0352. The van der Waals surface area contributed by atoms with Crippen molar-refractivity contribution >= 4 is 11.7 Å². The van der Waals surface area contributed by atoms with Crippen LogP contribution in [0.5, 0.6) is 0 Å². The summed E-state index contributed by atoms with van der Waals surface area (Å²) in [6.45, 7) is 3.86. The molecule has 0 aliphatic heterocycles. The molecule has 2 rings (SSSR count). The van der Waals surface area contributed by atoms with E-state index in [0.717, 1.165) is 22.8 Å². The number of amides is 1. The molecule has 0 spiro atoms. The van der Waals surface area contributed by atoms with Crippen molar-refractivity contribution in [2.45, 2.75) is 20.3 Å². The maximum Gasteiger partial charge on any atom is 0.229 e. The van der Waals surface area contributed by atoms with Crippen LogP contribution in [0.1, 0.15) is 17.0 Å². The highest BCUT2D eigenvalue weighted by Crippen LogP contribution is 2.09. The van der Waals surface area contributed by atoms with Crippen molar-refractivity contribution < 1.29 is 4.79 Å². The SMILES string of the molecule is Cc1cc(NC(=O)Cc2c[nH]c(C)c2)n(C)n1. The summed E-state index contributed by atoms with van der Waals surface area (Å²) >= 11 is 0. The van der Waals surface area contributed by atoms with Gasteiger partial charge in [-0.15, -0.1) is 0 Å². The summed E-state index contributed by atoms with van der Waals surface area (Å²) in [6, 6.07) is 3.81. The van der Waals surface area contributed by atoms with Crippen LogP contribution in [0.2, 0.25) is 0 Å². The van der Waals surface area contributed by atoms with Crippen molar-refractivity contribution in [2.24, 2.45) is 7.05 Å². The van der Waals surface area contributed by atoms with Crippen molar-refractivity contribution in [1.29, 1.82) is 0 Å². The molecule has 0 saturated carbocycles. The Balaban J connectivity index is 2.00. The van der Waals surface area contributed by atoms with E-state index in [2.05, 4.69) is 15.4 Å². The number of aromatic nitrogens is 3. The number of nitrogens with zero attached hydrogens (tertiary/aromatic N) is 2. The van der Waals surface area contributed by atoms with Gasteiger partial charge in [0.2, 0.25) is 5.91 Å². The van der Waals surface area contributed by atoms with E-state index in [-0.39, 0.29) is 5.91 Å². The lowest BCUT2D eigenvalue weighted by atomic mass is 10.2. The largest absolute Gasteiger partial charge is 0.365 e. The van der Waals surface area contributed by atoms with Crippen molar-refractivity contribution in [2.75, 3.05) is 5.32 Å². The topological polar surface area (TPSA) is 62.7 Å². The smallest absolute Gasteiger partial charge is 0.229 e. The summed E-state index contributed by atoms with van der Waals surface area (Å²) in [5, 5.41) is 7.01. The van der Waals surface area contributed by atoms with Crippen LogP contribution in [0.4, 0.5) is 5.82 Å². The molecule has 0 fully saturated rings. The number of aromatic amines is 1. The fraction of sp³-hybridized carbons (Fsp3) is 0.333. The van der Waals surface area contributed by atoms with E-state index in [1.807, 2.05) is 39.2 Å². The van der Waals surface area contributed by atoms with Crippen molar-refractivity contribution in [3.8, 4) is 0 Å². The van der Waals surface area contributed by atoms with Gasteiger partial charge in [0.1, 0.15) is 5.82 Å². The van der Waals surface area contributed by atoms with Gasteiger partial charge in [-0.1, -0.05) is 0 Å². The van der Waals surface area contributed by atoms with E-state index >= 15 is 0 Å². The van der Waals surface area contributed by atoms with Gasteiger partial charge in [0.25, 0.3) is 0 Å². The third kappa shape index (κ3) is 2.75. The standard InChI is InChI=1S/C12H16N4O/c1-8-4-10(7-13-8)6-12(17)14-11-5-9(2)15-16(11)3/h4-5,7,13H,6H2,1-3H3,(H,14,17). The molecule has 2 aromatic heterocycles. The molecule has 0 bridgehead atoms. The first kappa shape index (κ1) is 11.4. The zero-order valence-corrected chi connectivity index (χ0v) is 10.2. The zero-order chi connectivity index (χ0) is 12.4. The number of carbonyl (C=O) groups is 1. The lowest BCUT2D eigenvalue weighted by molar-refractivity contribution is -0.115. The van der Waals surface area contributed by atoms with Gasteiger partial charge in [-0.2, -0.15) is 5.10 Å². The third-order valence-corrected chi connectivity index (χ3v) is 2.52. The van der Waals surface area contributed by atoms with Crippen molar-refractivity contribution in [1.82, 2.24) is 14.8 Å². The Morgan fingerprint density at radius 3 is 2.76 bits per heavy atom. The van der Waals surface area contributed by atoms with E-state index in [0.29, 0.717) is 6.42 Å². The molecule has 0 aliphatic rings. The summed E-state index contributed by atoms with van der Waals surface area (Å²) < 4.78 is 1.66. The number of H-pyrrole nitrogens is 1. The van der Waals surface area contributed by atoms with Crippen LogP contribution in [0.25, 0.3) is 0 Å². The van der Waals surface area contributed by atoms with Crippen LogP contribution < -0.4 is 5.32 Å². The first-order valence-electron chi connectivity index (χ1n) is 5.49. The lowest BCUT2D eigenvalue weighted by Crippen LogP contribution is -2.16. The number of hydrogen-bond acceptors (Lipinski definition) is 2. The molecule has 5 heteroatoms. The predicted molar refractivity (Wildman–Crippen MR) is 65.8 cm³/mol. The summed E-state index contributed by atoms with van der Waals surface area (Å²) in [7, 11) is 1.81. The fourth-order valence-electron chi connectivity index (χ4n) is 1.77. The number of hydrogen-bond donors (Lipinski definition) is 2. The average molecular weight is 232 g/mol. The molecule has 2 heterocycles. The minimum Gasteiger partial charge on any atom is -0.365 e. The van der Waals surface area contributed by atoms with Gasteiger partial charge < -0.3 is 10.3 Å². The molecule has 0 aromatic carbocycles. The Bertz CT molecular complexity index is 538. The number of nitrogens with one attached hydrogen (secondary N) is 2. The molecule has 0 unspecified atom stereocenters. The quantitative estimate of drug-likeness (QED) is 0.843. The molecule has 1 amide bonds. The normalized spacial score (nSPS) is 10.5. The second kappa shape index (κ2) is 4.45. The highest BCUT2D eigenvalue weighted by Gasteiger charge is 2.08. The van der Waals surface area contributed by atoms with Gasteiger partial charge in [0, 0.05) is 25.0 Å². The van der Waals surface area contributed by atoms with Crippen LogP contribution in [0, 0.1) is 13.8 Å². The van der Waals surface area contributed by atoms with Crippen molar-refractivity contribution in [3.63, 3.8) is 0 Å². The number of rotatable bonds is 3. The maximum atomic E-state index is 11.8. The zero-order valence-electron chi connectivity index (χ0n) is 10.2. The van der Waals surface area contributed by atoms with Crippen LogP contribution in [-0.2, 0) is 18.3 Å². The molecule has 0 aliphatic carbocycles. The van der Waals surface area contributed by atoms with Crippen LogP contribution in [0.15, 0.2) is 18.3 Å². The fourth-order valence-corrected chi connectivity index (χ4v) is 1.77. The van der Waals surface area contributed by atoms with E-state index < -0.39 is 0 Å². The van der Waals surface area contributed by atoms with Crippen molar-refractivity contribution in [3.05, 3.63) is 35.3 Å². The number of anilines is 1. The summed E-state index contributed by atoms with van der Waals surface area (Å²) in [5.74, 6) is 0.687. The molecular weight excluding hydrogens is 216 g/mol. The van der Waals surface area contributed by atoms with E-state index in [1.165, 1.54) is 0 Å². The van der Waals surface area contributed by atoms with E-state index in [9.17, 15) is 4.79 Å². The number of carbonyl (C=O) groups excluding carboxylic acids is 1. The average Bonchev–Trinajstić information content (AvgIpc) is 2.74. The molecule has 17 heavy (non-hydrogen) atoms. The predicted octanol–water partition coefficient (Wildman–Crippen LogP) is 1.55. The minimum absolute atomic E-state index is 0.0352. The molecule has 0 radical (unpaired) electrons. The molecule has 2 N–H and O–H groups in total.